The summed E-state index contributed by atoms with van der Waals surface area (Å²) in [6.45, 7) is 0. The average molecular weight is 354 g/mol. The highest BCUT2D eigenvalue weighted by Gasteiger charge is 2.24. The fourth-order valence-electron chi connectivity index (χ4n) is 3.57. The van der Waals surface area contributed by atoms with Crippen LogP contribution in [0.2, 0.25) is 5.02 Å². The third-order valence-corrected chi connectivity index (χ3v) is 5.04. The molecule has 0 atom stereocenters. The van der Waals surface area contributed by atoms with Crippen molar-refractivity contribution in [3.05, 3.63) is 58.1 Å². The van der Waals surface area contributed by atoms with E-state index in [1.807, 2.05) is 6.07 Å². The van der Waals surface area contributed by atoms with Gasteiger partial charge >= 0.3 is 5.97 Å². The lowest BCUT2D eigenvalue weighted by molar-refractivity contribution is 0.0696. The van der Waals surface area contributed by atoms with Crippen LogP contribution >= 0.6 is 11.6 Å². The predicted molar refractivity (Wildman–Crippen MR) is 97.5 cm³/mol. The number of carboxylic acid groups (broad SMARTS) is 1. The zero-order valence-corrected chi connectivity index (χ0v) is 14.2. The molecule has 0 fully saturated rings. The maximum atomic E-state index is 11.8. The number of hydrogen-bond acceptors (Lipinski definition) is 3. The highest BCUT2D eigenvalue weighted by atomic mass is 35.5. The first-order valence-electron chi connectivity index (χ1n) is 8.23. The minimum atomic E-state index is -1.16. The summed E-state index contributed by atoms with van der Waals surface area (Å²) in [5.74, 6) is -1.46. The van der Waals surface area contributed by atoms with Crippen LogP contribution in [0.4, 0.5) is 0 Å². The van der Waals surface area contributed by atoms with Crippen LogP contribution in [0, 0.1) is 0 Å². The number of carboxylic acids is 1. The van der Waals surface area contributed by atoms with E-state index in [0.717, 1.165) is 31.2 Å². The molecule has 3 aromatic rings. The summed E-state index contributed by atoms with van der Waals surface area (Å²) in [6, 6.07) is 10.6. The van der Waals surface area contributed by atoms with Gasteiger partial charge in [0.1, 0.15) is 11.3 Å². The standard InChI is InChI=1S/C20H16ClNO3/c21-13-8-5-12(6-9-13)17-19(23)16(20(24)25)15-10-7-11-3-1-2-4-14(11)18(15)22-17/h5-10,23H,1-4H2,(H,24,25). The number of aryl methyl sites for hydroxylation is 2. The Bertz CT molecular complexity index is 996. The van der Waals surface area contributed by atoms with Gasteiger partial charge in [0, 0.05) is 16.0 Å². The van der Waals surface area contributed by atoms with Gasteiger partial charge in [-0.15, -0.1) is 0 Å². The molecule has 1 aliphatic rings. The van der Waals surface area contributed by atoms with E-state index in [4.69, 9.17) is 11.6 Å². The monoisotopic (exact) mass is 353 g/mol. The number of halogens is 1. The van der Waals surface area contributed by atoms with Crippen molar-refractivity contribution in [1.29, 1.82) is 0 Å². The molecule has 1 aliphatic carbocycles. The van der Waals surface area contributed by atoms with Crippen LogP contribution in [0.3, 0.4) is 0 Å². The van der Waals surface area contributed by atoms with E-state index in [1.54, 1.807) is 30.3 Å². The molecule has 0 radical (unpaired) electrons. The molecule has 4 nitrogen and oxygen atoms in total. The summed E-state index contributed by atoms with van der Waals surface area (Å²) >= 11 is 5.93. The van der Waals surface area contributed by atoms with E-state index < -0.39 is 5.97 Å². The van der Waals surface area contributed by atoms with Gasteiger partial charge in [0.05, 0.1) is 5.52 Å². The van der Waals surface area contributed by atoms with Gasteiger partial charge in [-0.1, -0.05) is 35.9 Å². The maximum absolute atomic E-state index is 11.8. The van der Waals surface area contributed by atoms with Crippen LogP contribution in [0.15, 0.2) is 36.4 Å². The van der Waals surface area contributed by atoms with Crippen molar-refractivity contribution >= 4 is 28.5 Å². The van der Waals surface area contributed by atoms with Crippen LogP contribution < -0.4 is 0 Å². The highest BCUT2D eigenvalue weighted by Crippen LogP contribution is 2.38. The molecule has 1 aromatic heterocycles. The number of hydrogen-bond donors (Lipinski definition) is 2. The van der Waals surface area contributed by atoms with Crippen molar-refractivity contribution < 1.29 is 15.0 Å². The fourth-order valence-corrected chi connectivity index (χ4v) is 3.70. The second-order valence-electron chi connectivity index (χ2n) is 6.30. The molecule has 4 rings (SSSR count). The molecule has 2 N–H and O–H groups in total. The van der Waals surface area contributed by atoms with Crippen LogP contribution in [-0.2, 0) is 12.8 Å². The lowest BCUT2D eigenvalue weighted by Gasteiger charge is -2.19. The minimum Gasteiger partial charge on any atom is -0.505 e. The summed E-state index contributed by atoms with van der Waals surface area (Å²) in [5, 5.41) is 21.3. The van der Waals surface area contributed by atoms with Gasteiger partial charge in [-0.2, -0.15) is 0 Å². The summed E-state index contributed by atoms with van der Waals surface area (Å²) in [4.78, 5) is 16.5. The van der Waals surface area contributed by atoms with Gasteiger partial charge in [0.2, 0.25) is 0 Å². The zero-order valence-electron chi connectivity index (χ0n) is 13.4. The Morgan fingerprint density at radius 1 is 1.04 bits per heavy atom. The molecule has 5 heteroatoms. The SMILES string of the molecule is O=C(O)c1c(O)c(-c2ccc(Cl)cc2)nc2c3c(ccc12)CCCC3. The fraction of sp³-hybridized carbons (Fsp3) is 0.200. The summed E-state index contributed by atoms with van der Waals surface area (Å²) in [7, 11) is 0. The number of nitrogens with zero attached hydrogens (tertiary/aromatic N) is 1. The molecule has 25 heavy (non-hydrogen) atoms. The number of aromatic nitrogens is 1. The number of benzene rings is 2. The average Bonchev–Trinajstić information content (AvgIpc) is 2.61. The third-order valence-electron chi connectivity index (χ3n) is 4.79. The Labute approximate surface area is 149 Å². The predicted octanol–water partition coefficient (Wildman–Crippen LogP) is 4.84. The minimum absolute atomic E-state index is 0.0941. The van der Waals surface area contributed by atoms with Crippen molar-refractivity contribution in [1.82, 2.24) is 4.98 Å². The summed E-state index contributed by atoms with van der Waals surface area (Å²) in [5.41, 5.74) is 3.82. The highest BCUT2D eigenvalue weighted by molar-refractivity contribution is 6.30. The van der Waals surface area contributed by atoms with E-state index in [0.29, 0.717) is 21.5 Å². The zero-order chi connectivity index (χ0) is 17.6. The van der Waals surface area contributed by atoms with Gasteiger partial charge < -0.3 is 10.2 Å². The first-order valence-corrected chi connectivity index (χ1v) is 8.60. The molecule has 0 spiro atoms. The lowest BCUT2D eigenvalue weighted by Crippen LogP contribution is -2.08. The van der Waals surface area contributed by atoms with E-state index >= 15 is 0 Å². The van der Waals surface area contributed by atoms with Gasteiger partial charge in [0.25, 0.3) is 0 Å². The van der Waals surface area contributed by atoms with E-state index in [9.17, 15) is 15.0 Å². The normalized spacial score (nSPS) is 13.6. The molecule has 0 unspecified atom stereocenters. The number of aromatic carboxylic acids is 1. The molecule has 2 aromatic carbocycles. The first-order chi connectivity index (χ1) is 12.1. The number of aromatic hydroxyl groups is 1. The van der Waals surface area contributed by atoms with Gasteiger partial charge in [-0.05, 0) is 48.9 Å². The molecule has 126 valence electrons. The Morgan fingerprint density at radius 2 is 1.76 bits per heavy atom. The van der Waals surface area contributed by atoms with Crippen LogP contribution in [-0.4, -0.2) is 21.2 Å². The van der Waals surface area contributed by atoms with Crippen LogP contribution in [0.1, 0.15) is 34.3 Å². The molecule has 0 saturated heterocycles. The Morgan fingerprint density at radius 3 is 2.48 bits per heavy atom. The van der Waals surface area contributed by atoms with E-state index in [1.165, 1.54) is 5.56 Å². The summed E-state index contributed by atoms with van der Waals surface area (Å²) in [6.07, 6.45) is 4.05. The van der Waals surface area contributed by atoms with Gasteiger partial charge in [0.15, 0.2) is 5.75 Å². The van der Waals surface area contributed by atoms with Crippen molar-refractivity contribution in [3.63, 3.8) is 0 Å². The number of carbonyl (C=O) groups is 1. The number of fused-ring (bicyclic) bond motifs is 3. The second kappa shape index (κ2) is 6.05. The van der Waals surface area contributed by atoms with E-state index in [-0.39, 0.29) is 17.0 Å². The topological polar surface area (TPSA) is 70.4 Å². The Hall–Kier alpha value is -2.59. The summed E-state index contributed by atoms with van der Waals surface area (Å²) < 4.78 is 0. The van der Waals surface area contributed by atoms with Crippen molar-refractivity contribution in [2.45, 2.75) is 25.7 Å². The van der Waals surface area contributed by atoms with Gasteiger partial charge in [-0.25, -0.2) is 9.78 Å². The van der Waals surface area contributed by atoms with Crippen molar-refractivity contribution in [3.8, 4) is 17.0 Å². The van der Waals surface area contributed by atoms with Crippen molar-refractivity contribution in [2.24, 2.45) is 0 Å². The lowest BCUT2D eigenvalue weighted by atomic mass is 9.88. The van der Waals surface area contributed by atoms with Gasteiger partial charge in [-0.3, -0.25) is 0 Å². The molecule has 0 saturated carbocycles. The Balaban J connectivity index is 2.08. The molecular weight excluding hydrogens is 338 g/mol. The quantitative estimate of drug-likeness (QED) is 0.691. The molecule has 0 bridgehead atoms. The Kier molecular flexibility index (Phi) is 3.85. The molecular formula is C20H16ClNO3. The molecule has 0 aliphatic heterocycles. The number of pyridine rings is 1. The first kappa shape index (κ1) is 15.9. The molecule has 1 heterocycles. The van der Waals surface area contributed by atoms with Crippen LogP contribution in [0.25, 0.3) is 22.2 Å². The van der Waals surface area contributed by atoms with Crippen LogP contribution in [0.5, 0.6) is 5.75 Å². The largest absolute Gasteiger partial charge is 0.505 e. The second-order valence-corrected chi connectivity index (χ2v) is 6.74. The maximum Gasteiger partial charge on any atom is 0.340 e. The van der Waals surface area contributed by atoms with E-state index in [2.05, 4.69) is 4.98 Å². The number of rotatable bonds is 2. The van der Waals surface area contributed by atoms with Crippen molar-refractivity contribution in [2.75, 3.05) is 0 Å². The smallest absolute Gasteiger partial charge is 0.340 e. The third kappa shape index (κ3) is 2.63. The molecule has 0 amide bonds.